The smallest absolute Gasteiger partial charge is 0.161 e. The van der Waals surface area contributed by atoms with E-state index in [-0.39, 0.29) is 0 Å². The number of likely N-dealkylation sites (N-methyl/N-ethyl adjacent to an activating group) is 1. The summed E-state index contributed by atoms with van der Waals surface area (Å²) in [7, 11) is 2.12. The monoisotopic (exact) mass is 371 g/mol. The number of rotatable bonds is 6. The first-order valence-electron chi connectivity index (χ1n) is 9.67. The average molecular weight is 371 g/mol. The van der Waals surface area contributed by atoms with Crippen LogP contribution in [0, 0.1) is 0 Å². The van der Waals surface area contributed by atoms with Gasteiger partial charge in [-0.2, -0.15) is 0 Å². The van der Waals surface area contributed by atoms with E-state index < -0.39 is 0 Å². The molecule has 1 aliphatic heterocycles. The highest BCUT2D eigenvalue weighted by molar-refractivity contribution is 5.65. The molecule has 0 fully saturated rings. The molecule has 142 valence electrons. The highest BCUT2D eigenvalue weighted by Gasteiger charge is 2.12. The Balaban J connectivity index is 1.32. The Morgan fingerprint density at radius 2 is 1.54 bits per heavy atom. The molecule has 0 N–H and O–H groups in total. The molecule has 1 aliphatic rings. The minimum absolute atomic E-state index is 0.623. The van der Waals surface area contributed by atoms with E-state index in [1.807, 2.05) is 12.1 Å². The van der Waals surface area contributed by atoms with Gasteiger partial charge in [-0.15, -0.1) is 0 Å². The number of hydrogen-bond acceptors (Lipinski definition) is 3. The lowest BCUT2D eigenvalue weighted by Gasteiger charge is -2.20. The van der Waals surface area contributed by atoms with E-state index in [0.717, 1.165) is 24.6 Å². The van der Waals surface area contributed by atoms with Gasteiger partial charge in [0.25, 0.3) is 0 Å². The average Bonchev–Trinajstić information content (AvgIpc) is 2.75. The van der Waals surface area contributed by atoms with Crippen molar-refractivity contribution in [2.75, 3.05) is 26.8 Å². The maximum atomic E-state index is 5.67. The third kappa shape index (κ3) is 4.62. The molecule has 0 unspecified atom stereocenters. The van der Waals surface area contributed by atoms with E-state index in [2.05, 4.69) is 84.8 Å². The molecule has 3 heteroatoms. The molecule has 28 heavy (non-hydrogen) atoms. The predicted molar refractivity (Wildman–Crippen MR) is 115 cm³/mol. The van der Waals surface area contributed by atoms with E-state index in [1.54, 1.807) is 0 Å². The number of fused-ring (bicyclic) bond motifs is 1. The van der Waals surface area contributed by atoms with Crippen LogP contribution in [0.15, 0.2) is 78.9 Å². The second-order valence-corrected chi connectivity index (χ2v) is 7.07. The molecular weight excluding hydrogens is 346 g/mol. The zero-order valence-electron chi connectivity index (χ0n) is 16.2. The van der Waals surface area contributed by atoms with Crippen LogP contribution in [-0.2, 0) is 6.54 Å². The van der Waals surface area contributed by atoms with Crippen molar-refractivity contribution in [3.8, 4) is 22.6 Å². The second-order valence-electron chi connectivity index (χ2n) is 7.07. The molecule has 0 amide bonds. The van der Waals surface area contributed by atoms with Crippen LogP contribution >= 0.6 is 0 Å². The van der Waals surface area contributed by atoms with Crippen molar-refractivity contribution in [1.29, 1.82) is 0 Å². The fourth-order valence-corrected chi connectivity index (χ4v) is 3.35. The van der Waals surface area contributed by atoms with Gasteiger partial charge in [0.2, 0.25) is 0 Å². The van der Waals surface area contributed by atoms with Crippen molar-refractivity contribution in [1.82, 2.24) is 4.90 Å². The third-order valence-electron chi connectivity index (χ3n) is 4.80. The Kier molecular flexibility index (Phi) is 5.74. The highest BCUT2D eigenvalue weighted by atomic mass is 16.6. The summed E-state index contributed by atoms with van der Waals surface area (Å²) in [6.07, 6.45) is 4.38. The molecule has 0 bridgehead atoms. The van der Waals surface area contributed by atoms with Gasteiger partial charge in [0.15, 0.2) is 11.5 Å². The Labute approximate surface area is 166 Å². The van der Waals surface area contributed by atoms with Crippen LogP contribution in [-0.4, -0.2) is 31.7 Å². The van der Waals surface area contributed by atoms with Gasteiger partial charge in [0.05, 0.1) is 0 Å². The zero-order chi connectivity index (χ0) is 19.2. The normalized spacial score (nSPS) is 13.2. The summed E-state index contributed by atoms with van der Waals surface area (Å²) in [5.41, 5.74) is 4.94. The van der Waals surface area contributed by atoms with Crippen molar-refractivity contribution < 1.29 is 9.47 Å². The first kappa shape index (κ1) is 18.3. The Bertz CT molecular complexity index is 933. The quantitative estimate of drug-likeness (QED) is 0.589. The van der Waals surface area contributed by atoms with Gasteiger partial charge in [0, 0.05) is 13.1 Å². The van der Waals surface area contributed by atoms with Crippen molar-refractivity contribution in [2.24, 2.45) is 0 Å². The summed E-state index contributed by atoms with van der Waals surface area (Å²) in [5, 5.41) is 0. The van der Waals surface area contributed by atoms with E-state index in [9.17, 15) is 0 Å². The largest absolute Gasteiger partial charge is 0.486 e. The van der Waals surface area contributed by atoms with Gasteiger partial charge in [-0.25, -0.2) is 0 Å². The van der Waals surface area contributed by atoms with Crippen molar-refractivity contribution in [3.05, 3.63) is 90.0 Å². The summed E-state index contributed by atoms with van der Waals surface area (Å²) in [5.74, 6) is 1.70. The van der Waals surface area contributed by atoms with E-state index in [0.29, 0.717) is 13.2 Å². The van der Waals surface area contributed by atoms with Gasteiger partial charge in [-0.3, -0.25) is 4.90 Å². The molecule has 3 nitrogen and oxygen atoms in total. The summed E-state index contributed by atoms with van der Waals surface area (Å²) in [6, 6.07) is 25.3. The number of hydrogen-bond donors (Lipinski definition) is 0. The Morgan fingerprint density at radius 1 is 0.821 bits per heavy atom. The first-order chi connectivity index (χ1) is 13.8. The molecule has 3 aromatic rings. The Hall–Kier alpha value is -3.04. The summed E-state index contributed by atoms with van der Waals surface area (Å²) >= 11 is 0. The maximum absolute atomic E-state index is 5.67. The summed E-state index contributed by atoms with van der Waals surface area (Å²) < 4.78 is 11.3. The topological polar surface area (TPSA) is 21.7 Å². The van der Waals surface area contributed by atoms with Crippen LogP contribution in [0.25, 0.3) is 17.2 Å². The van der Waals surface area contributed by atoms with Crippen molar-refractivity contribution >= 4 is 6.08 Å². The van der Waals surface area contributed by atoms with Crippen LogP contribution in [0.1, 0.15) is 11.1 Å². The third-order valence-corrected chi connectivity index (χ3v) is 4.80. The van der Waals surface area contributed by atoms with E-state index >= 15 is 0 Å². The molecule has 1 heterocycles. The summed E-state index contributed by atoms with van der Waals surface area (Å²) in [4.78, 5) is 2.28. The SMILES string of the molecule is CN(C/C=C/c1ccc(-c2ccccc2)cc1)Cc1ccc2c(c1)OCCO2. The van der Waals surface area contributed by atoms with Crippen molar-refractivity contribution in [2.45, 2.75) is 6.54 Å². The van der Waals surface area contributed by atoms with Crippen LogP contribution < -0.4 is 9.47 Å². The molecule has 0 spiro atoms. The lowest BCUT2D eigenvalue weighted by molar-refractivity contribution is 0.171. The van der Waals surface area contributed by atoms with Gasteiger partial charge in [-0.05, 0) is 41.4 Å². The van der Waals surface area contributed by atoms with E-state index in [4.69, 9.17) is 9.47 Å². The lowest BCUT2D eigenvalue weighted by atomic mass is 10.0. The predicted octanol–water partition coefficient (Wildman–Crippen LogP) is 5.27. The molecule has 0 saturated carbocycles. The highest BCUT2D eigenvalue weighted by Crippen LogP contribution is 2.31. The van der Waals surface area contributed by atoms with Crippen LogP contribution in [0.4, 0.5) is 0 Å². The Morgan fingerprint density at radius 3 is 2.32 bits per heavy atom. The van der Waals surface area contributed by atoms with Crippen LogP contribution in [0.5, 0.6) is 11.5 Å². The number of nitrogens with zero attached hydrogens (tertiary/aromatic N) is 1. The molecule has 0 aromatic heterocycles. The molecule has 3 aromatic carbocycles. The zero-order valence-corrected chi connectivity index (χ0v) is 16.2. The minimum atomic E-state index is 0.623. The molecular formula is C25H25NO2. The molecule has 0 aliphatic carbocycles. The second kappa shape index (κ2) is 8.77. The fraction of sp³-hybridized carbons (Fsp3) is 0.200. The molecule has 0 radical (unpaired) electrons. The van der Waals surface area contributed by atoms with Crippen LogP contribution in [0.2, 0.25) is 0 Å². The first-order valence-corrected chi connectivity index (χ1v) is 9.67. The number of ether oxygens (including phenoxy) is 2. The number of benzene rings is 3. The standard InChI is InChI=1S/C25H25NO2/c1-26(19-21-11-14-24-25(18-21)28-17-16-27-24)15-5-6-20-9-12-23(13-10-20)22-7-3-2-4-8-22/h2-14,18H,15-17,19H2,1H3/b6-5+. The van der Waals surface area contributed by atoms with Gasteiger partial charge >= 0.3 is 0 Å². The fourth-order valence-electron chi connectivity index (χ4n) is 3.35. The van der Waals surface area contributed by atoms with Crippen LogP contribution in [0.3, 0.4) is 0 Å². The van der Waals surface area contributed by atoms with Crippen molar-refractivity contribution in [3.63, 3.8) is 0 Å². The summed E-state index contributed by atoms with van der Waals surface area (Å²) in [6.45, 7) is 3.00. The maximum Gasteiger partial charge on any atom is 0.161 e. The molecule has 0 atom stereocenters. The minimum Gasteiger partial charge on any atom is -0.486 e. The lowest BCUT2D eigenvalue weighted by Crippen LogP contribution is -2.19. The van der Waals surface area contributed by atoms with Gasteiger partial charge < -0.3 is 9.47 Å². The molecule has 0 saturated heterocycles. The van der Waals surface area contributed by atoms with Gasteiger partial charge in [-0.1, -0.05) is 72.8 Å². The molecule has 4 rings (SSSR count). The van der Waals surface area contributed by atoms with E-state index in [1.165, 1.54) is 22.3 Å². The van der Waals surface area contributed by atoms with Gasteiger partial charge in [0.1, 0.15) is 13.2 Å².